The van der Waals surface area contributed by atoms with Crippen LogP contribution in [-0.4, -0.2) is 65.9 Å². The van der Waals surface area contributed by atoms with Crippen molar-refractivity contribution < 1.29 is 4.79 Å². The Bertz CT molecular complexity index is 666. The van der Waals surface area contributed by atoms with Crippen LogP contribution in [0.5, 0.6) is 0 Å². The van der Waals surface area contributed by atoms with E-state index in [1.807, 2.05) is 35.0 Å². The minimum atomic E-state index is 0.0142. The van der Waals surface area contributed by atoms with Crippen molar-refractivity contribution in [3.63, 3.8) is 0 Å². The Hall–Kier alpha value is -2.47. The third-order valence-electron chi connectivity index (χ3n) is 4.28. The van der Waals surface area contributed by atoms with Gasteiger partial charge in [0, 0.05) is 52.2 Å². The largest absolute Gasteiger partial charge is 0.340 e. The van der Waals surface area contributed by atoms with Crippen LogP contribution < -0.4 is 4.90 Å². The molecule has 0 bridgehead atoms. The van der Waals surface area contributed by atoms with E-state index in [4.69, 9.17) is 0 Å². The van der Waals surface area contributed by atoms with E-state index in [1.54, 1.807) is 12.4 Å². The van der Waals surface area contributed by atoms with Gasteiger partial charge in [-0.1, -0.05) is 30.3 Å². The summed E-state index contributed by atoms with van der Waals surface area (Å²) in [4.78, 5) is 27.3. The van der Waals surface area contributed by atoms with Gasteiger partial charge in [-0.05, 0) is 12.6 Å². The van der Waals surface area contributed by atoms with Gasteiger partial charge in [-0.3, -0.25) is 4.79 Å². The van der Waals surface area contributed by atoms with Crippen molar-refractivity contribution in [3.05, 3.63) is 53.9 Å². The number of rotatable bonds is 4. The van der Waals surface area contributed by atoms with E-state index in [0.29, 0.717) is 11.5 Å². The lowest BCUT2D eigenvalue weighted by atomic mass is 10.2. The monoisotopic (exact) mass is 325 g/mol. The van der Waals surface area contributed by atoms with Crippen molar-refractivity contribution in [1.82, 2.24) is 19.8 Å². The fourth-order valence-electron chi connectivity index (χ4n) is 2.75. The van der Waals surface area contributed by atoms with E-state index in [2.05, 4.69) is 34.0 Å². The molecule has 1 amide bonds. The van der Waals surface area contributed by atoms with Gasteiger partial charge in [0.25, 0.3) is 5.91 Å². The highest BCUT2D eigenvalue weighted by atomic mass is 16.2. The lowest BCUT2D eigenvalue weighted by Crippen LogP contribution is -2.47. The molecule has 1 aliphatic heterocycles. The number of aromatic nitrogens is 2. The van der Waals surface area contributed by atoms with Gasteiger partial charge in [0.05, 0.1) is 5.56 Å². The zero-order valence-electron chi connectivity index (χ0n) is 14.2. The fourth-order valence-corrected chi connectivity index (χ4v) is 2.75. The Morgan fingerprint density at radius 1 is 1.08 bits per heavy atom. The van der Waals surface area contributed by atoms with Gasteiger partial charge < -0.3 is 14.7 Å². The molecule has 126 valence electrons. The molecule has 24 heavy (non-hydrogen) atoms. The van der Waals surface area contributed by atoms with Crippen molar-refractivity contribution in [2.75, 3.05) is 45.2 Å². The third kappa shape index (κ3) is 3.89. The van der Waals surface area contributed by atoms with Gasteiger partial charge in [0.1, 0.15) is 0 Å². The molecular weight excluding hydrogens is 302 g/mol. The van der Waals surface area contributed by atoms with Crippen molar-refractivity contribution in [1.29, 1.82) is 0 Å². The van der Waals surface area contributed by atoms with Gasteiger partial charge in [0.2, 0.25) is 5.95 Å². The zero-order valence-corrected chi connectivity index (χ0v) is 14.2. The maximum absolute atomic E-state index is 12.5. The molecule has 0 spiro atoms. The molecule has 1 aromatic carbocycles. The van der Waals surface area contributed by atoms with Crippen LogP contribution in [0, 0.1) is 0 Å². The van der Waals surface area contributed by atoms with Crippen LogP contribution in [0.4, 0.5) is 5.95 Å². The molecule has 1 fully saturated rings. The second-order valence-electron chi connectivity index (χ2n) is 6.21. The minimum Gasteiger partial charge on any atom is -0.340 e. The van der Waals surface area contributed by atoms with Crippen molar-refractivity contribution >= 4 is 11.9 Å². The topological polar surface area (TPSA) is 52.6 Å². The number of hydrogen-bond donors (Lipinski definition) is 0. The Kier molecular flexibility index (Phi) is 5.05. The molecule has 1 aliphatic rings. The molecule has 3 rings (SSSR count). The van der Waals surface area contributed by atoms with Gasteiger partial charge >= 0.3 is 0 Å². The summed E-state index contributed by atoms with van der Waals surface area (Å²) in [7, 11) is 4.02. The molecule has 0 unspecified atom stereocenters. The molecule has 0 atom stereocenters. The quantitative estimate of drug-likeness (QED) is 0.853. The normalized spacial score (nSPS) is 15.3. The number of nitrogens with zero attached hydrogens (tertiary/aromatic N) is 5. The molecule has 0 saturated carbocycles. The van der Waals surface area contributed by atoms with Gasteiger partial charge in [-0.25, -0.2) is 9.97 Å². The highest BCUT2D eigenvalue weighted by Crippen LogP contribution is 2.12. The molecule has 2 aromatic rings. The summed E-state index contributed by atoms with van der Waals surface area (Å²) < 4.78 is 0. The Labute approximate surface area is 142 Å². The first-order chi connectivity index (χ1) is 11.6. The van der Waals surface area contributed by atoms with Crippen LogP contribution >= 0.6 is 0 Å². The molecule has 1 saturated heterocycles. The maximum atomic E-state index is 12.5. The number of hydrogen-bond acceptors (Lipinski definition) is 5. The van der Waals surface area contributed by atoms with E-state index in [-0.39, 0.29) is 5.91 Å². The number of amides is 1. The molecule has 0 radical (unpaired) electrons. The number of carbonyl (C=O) groups is 1. The summed E-state index contributed by atoms with van der Waals surface area (Å²) in [5.74, 6) is 0.633. The smallest absolute Gasteiger partial charge is 0.257 e. The Morgan fingerprint density at radius 2 is 1.71 bits per heavy atom. The number of piperazine rings is 1. The van der Waals surface area contributed by atoms with Crippen LogP contribution in [0.25, 0.3) is 0 Å². The number of anilines is 1. The van der Waals surface area contributed by atoms with Crippen LogP contribution in [0.15, 0.2) is 42.7 Å². The highest BCUT2D eigenvalue weighted by molar-refractivity contribution is 5.93. The summed E-state index contributed by atoms with van der Waals surface area (Å²) in [5, 5.41) is 0. The number of likely N-dealkylation sites (N-methyl/N-ethyl adjacent to an activating group) is 1. The van der Waals surface area contributed by atoms with Gasteiger partial charge in [-0.15, -0.1) is 0 Å². The van der Waals surface area contributed by atoms with Crippen LogP contribution in [0.2, 0.25) is 0 Å². The third-order valence-corrected chi connectivity index (χ3v) is 4.28. The number of carbonyl (C=O) groups excluding carboxylic acids is 1. The fraction of sp³-hybridized carbons (Fsp3) is 0.389. The summed E-state index contributed by atoms with van der Waals surface area (Å²) in [6.07, 6.45) is 3.26. The predicted octanol–water partition coefficient (Wildman–Crippen LogP) is 1.50. The van der Waals surface area contributed by atoms with E-state index >= 15 is 0 Å². The average molecular weight is 325 g/mol. The molecule has 0 N–H and O–H groups in total. The molecule has 6 heteroatoms. The first kappa shape index (κ1) is 16.4. The van der Waals surface area contributed by atoms with E-state index in [9.17, 15) is 4.79 Å². The second-order valence-corrected chi connectivity index (χ2v) is 6.21. The maximum Gasteiger partial charge on any atom is 0.257 e. The lowest BCUT2D eigenvalue weighted by Gasteiger charge is -2.32. The Morgan fingerprint density at radius 3 is 2.33 bits per heavy atom. The van der Waals surface area contributed by atoms with E-state index in [1.165, 1.54) is 5.56 Å². The summed E-state index contributed by atoms with van der Waals surface area (Å²) in [5.41, 5.74) is 1.75. The first-order valence-corrected chi connectivity index (χ1v) is 8.18. The van der Waals surface area contributed by atoms with E-state index < -0.39 is 0 Å². The summed E-state index contributed by atoms with van der Waals surface area (Å²) >= 11 is 0. The SMILES string of the molecule is CN1CCN(C(=O)c2cnc(N(C)Cc3ccccc3)nc2)CC1. The first-order valence-electron chi connectivity index (χ1n) is 8.18. The van der Waals surface area contributed by atoms with Gasteiger partial charge in [-0.2, -0.15) is 0 Å². The van der Waals surface area contributed by atoms with E-state index in [0.717, 1.165) is 32.7 Å². The van der Waals surface area contributed by atoms with Crippen LogP contribution in [0.1, 0.15) is 15.9 Å². The van der Waals surface area contributed by atoms with Crippen molar-refractivity contribution in [3.8, 4) is 0 Å². The van der Waals surface area contributed by atoms with Crippen molar-refractivity contribution in [2.45, 2.75) is 6.54 Å². The van der Waals surface area contributed by atoms with Crippen molar-refractivity contribution in [2.24, 2.45) is 0 Å². The molecule has 2 heterocycles. The van der Waals surface area contributed by atoms with Crippen LogP contribution in [-0.2, 0) is 6.54 Å². The molecular formula is C18H23N5O. The Balaban J connectivity index is 1.63. The minimum absolute atomic E-state index is 0.0142. The average Bonchev–Trinajstić information content (AvgIpc) is 2.63. The standard InChI is InChI=1S/C18H23N5O/c1-21-8-10-23(11-9-21)17(24)16-12-19-18(20-13-16)22(2)14-15-6-4-3-5-7-15/h3-7,12-13H,8-11,14H2,1-2H3. The number of benzene rings is 1. The molecule has 6 nitrogen and oxygen atoms in total. The molecule has 1 aromatic heterocycles. The second kappa shape index (κ2) is 7.40. The lowest BCUT2D eigenvalue weighted by molar-refractivity contribution is 0.0663. The summed E-state index contributed by atoms with van der Waals surface area (Å²) in [6, 6.07) is 10.2. The summed E-state index contributed by atoms with van der Waals surface area (Å²) in [6.45, 7) is 4.05. The molecule has 0 aliphatic carbocycles. The predicted molar refractivity (Wildman–Crippen MR) is 94.0 cm³/mol. The zero-order chi connectivity index (χ0) is 16.9. The van der Waals surface area contributed by atoms with Gasteiger partial charge in [0.15, 0.2) is 0 Å². The highest BCUT2D eigenvalue weighted by Gasteiger charge is 2.21. The van der Waals surface area contributed by atoms with Crippen LogP contribution in [0.3, 0.4) is 0 Å².